The summed E-state index contributed by atoms with van der Waals surface area (Å²) in [5.74, 6) is -0.0528. The number of aryl methyl sites for hydroxylation is 1. The quantitative estimate of drug-likeness (QED) is 0.325. The molecule has 4 N–H and O–H groups in total. The molecular weight excluding hydrogens is 484 g/mol. The largest absolute Gasteiger partial charge is 0.496 e. The summed E-state index contributed by atoms with van der Waals surface area (Å²) in [5, 5.41) is 13.0. The fourth-order valence-electron chi connectivity index (χ4n) is 3.69. The Morgan fingerprint density at radius 1 is 1.17 bits per heavy atom. The van der Waals surface area contributed by atoms with Crippen LogP contribution in [0.5, 0.6) is 5.75 Å². The van der Waals surface area contributed by atoms with Crippen molar-refractivity contribution in [3.8, 4) is 5.75 Å². The number of aromatic nitrogens is 2. The maximum absolute atomic E-state index is 12.6. The van der Waals surface area contributed by atoms with Gasteiger partial charge in [-0.3, -0.25) is 0 Å². The lowest BCUT2D eigenvalue weighted by molar-refractivity contribution is 0.0746. The summed E-state index contributed by atoms with van der Waals surface area (Å²) >= 11 is 0. The highest BCUT2D eigenvalue weighted by molar-refractivity contribution is 7.87. The minimum absolute atomic E-state index is 0.0158. The molecule has 1 unspecified atom stereocenters. The van der Waals surface area contributed by atoms with Gasteiger partial charge in [-0.15, -0.1) is 0 Å². The predicted molar refractivity (Wildman–Crippen MR) is 135 cm³/mol. The van der Waals surface area contributed by atoms with Gasteiger partial charge < -0.3 is 25.1 Å². The van der Waals surface area contributed by atoms with Crippen LogP contribution in [0.2, 0.25) is 0 Å². The number of anilines is 2. The Balaban J connectivity index is 1.88. The van der Waals surface area contributed by atoms with Crippen LogP contribution in [0.1, 0.15) is 46.9 Å². The molecule has 0 amide bonds. The Morgan fingerprint density at radius 2 is 1.89 bits per heavy atom. The number of nitrogens with one attached hydrogen (secondary N) is 1. The molecule has 0 aliphatic heterocycles. The summed E-state index contributed by atoms with van der Waals surface area (Å²) < 4.78 is 35.1. The number of ether oxygens (including phenoxy) is 1. The highest BCUT2D eigenvalue weighted by Crippen LogP contribution is 2.29. The number of aliphatic hydroxyl groups excluding tert-OH is 1. The minimum Gasteiger partial charge on any atom is -0.496 e. The van der Waals surface area contributed by atoms with Crippen LogP contribution >= 0.6 is 0 Å². The molecule has 2 aromatic carbocycles. The van der Waals surface area contributed by atoms with Gasteiger partial charge in [0.1, 0.15) is 16.5 Å². The van der Waals surface area contributed by atoms with E-state index in [1.165, 1.54) is 43.5 Å². The van der Waals surface area contributed by atoms with Crippen molar-refractivity contribution in [2.45, 2.75) is 44.0 Å². The number of rotatable bonds is 11. The minimum atomic E-state index is -4.27. The SMILES string of the molecule is CCCC(CO)Nc1nc(N)nc(C)c1Cc1ccc(C(=O)OS(=O)(=O)c2ccccc2)cc1OC. The standard InChI is InChI=1S/C25H30N4O6S/c1-4-8-19(15-30)28-23-21(16(2)27-25(26)29-23)13-17-11-12-18(14-22(17)34-3)24(31)35-36(32,33)20-9-6-5-7-10-20/h5-7,9-12,14,19,30H,4,8,13,15H2,1-3H3,(H3,26,27,28,29). The first-order valence-corrected chi connectivity index (χ1v) is 12.8. The second-order valence-electron chi connectivity index (χ2n) is 8.15. The second-order valence-corrected chi connectivity index (χ2v) is 9.69. The third kappa shape index (κ3) is 6.49. The van der Waals surface area contributed by atoms with Gasteiger partial charge in [-0.2, -0.15) is 13.4 Å². The van der Waals surface area contributed by atoms with Crippen LogP contribution in [0.3, 0.4) is 0 Å². The number of aliphatic hydroxyl groups is 1. The Morgan fingerprint density at radius 3 is 2.53 bits per heavy atom. The topological polar surface area (TPSA) is 154 Å². The summed E-state index contributed by atoms with van der Waals surface area (Å²) in [7, 11) is -2.82. The molecule has 0 saturated carbocycles. The molecule has 36 heavy (non-hydrogen) atoms. The van der Waals surface area contributed by atoms with Gasteiger partial charge in [0.2, 0.25) is 5.95 Å². The van der Waals surface area contributed by atoms with Gasteiger partial charge >= 0.3 is 16.1 Å². The number of hydrogen-bond acceptors (Lipinski definition) is 10. The molecule has 3 rings (SSSR count). The smallest absolute Gasteiger partial charge is 0.354 e. The van der Waals surface area contributed by atoms with Crippen molar-refractivity contribution in [1.82, 2.24) is 9.97 Å². The number of carbonyl (C=O) groups is 1. The van der Waals surface area contributed by atoms with E-state index in [4.69, 9.17) is 14.7 Å². The molecule has 11 heteroatoms. The molecule has 1 aromatic heterocycles. The zero-order valence-corrected chi connectivity index (χ0v) is 21.2. The molecule has 192 valence electrons. The molecule has 3 aromatic rings. The maximum Gasteiger partial charge on any atom is 0.354 e. The van der Waals surface area contributed by atoms with Crippen molar-refractivity contribution in [3.05, 3.63) is 70.9 Å². The van der Waals surface area contributed by atoms with Crippen molar-refractivity contribution < 1.29 is 27.2 Å². The van der Waals surface area contributed by atoms with Gasteiger partial charge in [-0.05, 0) is 43.2 Å². The highest BCUT2D eigenvalue weighted by Gasteiger charge is 2.23. The molecule has 0 radical (unpaired) electrons. The summed E-state index contributed by atoms with van der Waals surface area (Å²) in [6, 6.07) is 11.8. The second kappa shape index (κ2) is 11.8. The fraction of sp³-hybridized carbons (Fsp3) is 0.320. The Kier molecular flexibility index (Phi) is 8.83. The first-order valence-electron chi connectivity index (χ1n) is 11.4. The molecule has 0 bridgehead atoms. The summed E-state index contributed by atoms with van der Waals surface area (Å²) in [5.41, 5.74) is 7.98. The molecule has 0 fully saturated rings. The molecule has 0 saturated heterocycles. The molecule has 0 aliphatic carbocycles. The predicted octanol–water partition coefficient (Wildman–Crippen LogP) is 3.09. The number of nitrogen functional groups attached to an aromatic ring is 1. The van der Waals surface area contributed by atoms with E-state index < -0.39 is 16.1 Å². The zero-order chi connectivity index (χ0) is 26.3. The normalized spacial score (nSPS) is 12.1. The van der Waals surface area contributed by atoms with Gasteiger partial charge in [0.25, 0.3) is 0 Å². The van der Waals surface area contributed by atoms with Crippen molar-refractivity contribution in [3.63, 3.8) is 0 Å². The number of nitrogens with two attached hydrogens (primary N) is 1. The van der Waals surface area contributed by atoms with Gasteiger partial charge in [0.05, 0.1) is 25.3 Å². The van der Waals surface area contributed by atoms with Crippen LogP contribution in [0.25, 0.3) is 0 Å². The van der Waals surface area contributed by atoms with E-state index in [9.17, 15) is 18.3 Å². The first kappa shape index (κ1) is 26.9. The maximum atomic E-state index is 12.6. The fourth-order valence-corrected chi connectivity index (χ4v) is 4.57. The number of benzene rings is 2. The number of nitrogens with zero attached hydrogens (tertiary/aromatic N) is 2. The summed E-state index contributed by atoms with van der Waals surface area (Å²) in [6.45, 7) is 3.76. The van der Waals surface area contributed by atoms with Crippen molar-refractivity contribution in [2.24, 2.45) is 0 Å². The van der Waals surface area contributed by atoms with Crippen LogP contribution in [0, 0.1) is 6.92 Å². The van der Waals surface area contributed by atoms with Gasteiger partial charge in [-0.1, -0.05) is 37.6 Å². The van der Waals surface area contributed by atoms with E-state index in [2.05, 4.69) is 15.3 Å². The third-order valence-corrected chi connectivity index (χ3v) is 6.76. The van der Waals surface area contributed by atoms with Crippen LogP contribution in [0.15, 0.2) is 53.4 Å². The number of hydrogen-bond donors (Lipinski definition) is 3. The van der Waals surface area contributed by atoms with Crippen LogP contribution in [0.4, 0.5) is 11.8 Å². The molecule has 1 atom stereocenters. The lowest BCUT2D eigenvalue weighted by atomic mass is 10.0. The van der Waals surface area contributed by atoms with Crippen molar-refractivity contribution >= 4 is 27.9 Å². The van der Waals surface area contributed by atoms with Crippen molar-refractivity contribution in [2.75, 3.05) is 24.8 Å². The lowest BCUT2D eigenvalue weighted by Crippen LogP contribution is -2.25. The first-order chi connectivity index (χ1) is 17.2. The van der Waals surface area contributed by atoms with E-state index in [1.54, 1.807) is 19.1 Å². The summed E-state index contributed by atoms with van der Waals surface area (Å²) in [4.78, 5) is 21.1. The van der Waals surface area contributed by atoms with E-state index in [0.29, 0.717) is 29.2 Å². The Hall–Kier alpha value is -3.70. The number of methoxy groups -OCH3 is 1. The molecule has 0 spiro atoms. The molecule has 0 aliphatic rings. The van der Waals surface area contributed by atoms with Crippen LogP contribution in [-0.4, -0.2) is 49.2 Å². The third-order valence-electron chi connectivity index (χ3n) is 5.54. The van der Waals surface area contributed by atoms with E-state index in [1.807, 2.05) is 6.92 Å². The highest BCUT2D eigenvalue weighted by atomic mass is 32.2. The molecule has 10 nitrogen and oxygen atoms in total. The molecular formula is C25H30N4O6S. The van der Waals surface area contributed by atoms with E-state index in [-0.39, 0.29) is 29.1 Å². The van der Waals surface area contributed by atoms with Gasteiger partial charge in [0, 0.05) is 17.7 Å². The van der Waals surface area contributed by atoms with E-state index >= 15 is 0 Å². The average molecular weight is 515 g/mol. The van der Waals surface area contributed by atoms with Crippen molar-refractivity contribution in [1.29, 1.82) is 0 Å². The lowest BCUT2D eigenvalue weighted by Gasteiger charge is -2.20. The summed E-state index contributed by atoms with van der Waals surface area (Å²) in [6.07, 6.45) is 1.95. The Bertz CT molecular complexity index is 1320. The Labute approximate surface area is 210 Å². The van der Waals surface area contributed by atoms with E-state index in [0.717, 1.165) is 18.4 Å². The van der Waals surface area contributed by atoms with Crippen LogP contribution < -0.4 is 15.8 Å². The van der Waals surface area contributed by atoms with Gasteiger partial charge in [-0.25, -0.2) is 9.78 Å². The average Bonchev–Trinajstić information content (AvgIpc) is 2.86. The monoisotopic (exact) mass is 514 g/mol. The number of carbonyl (C=O) groups excluding carboxylic acids is 1. The van der Waals surface area contributed by atoms with Gasteiger partial charge in [0.15, 0.2) is 0 Å². The zero-order valence-electron chi connectivity index (χ0n) is 20.4. The molecule has 1 heterocycles. The van der Waals surface area contributed by atoms with Crippen LogP contribution in [-0.2, 0) is 20.7 Å².